The third-order valence-electron chi connectivity index (χ3n) is 2.34. The van der Waals surface area contributed by atoms with Crippen molar-refractivity contribution in [2.24, 2.45) is 0 Å². The summed E-state index contributed by atoms with van der Waals surface area (Å²) in [7, 11) is 0. The fourth-order valence-corrected chi connectivity index (χ4v) is 1.61. The molecule has 2 rings (SSSR count). The molecule has 0 radical (unpaired) electrons. The van der Waals surface area contributed by atoms with Gasteiger partial charge in [0.15, 0.2) is 0 Å². The summed E-state index contributed by atoms with van der Waals surface area (Å²) in [6.45, 7) is 1.68. The Morgan fingerprint density at radius 3 is 3.31 bits per heavy atom. The molecule has 1 fully saturated rings. The van der Waals surface area contributed by atoms with E-state index in [0.717, 1.165) is 26.0 Å². The topological polar surface area (TPSA) is 34.1 Å². The van der Waals surface area contributed by atoms with E-state index in [9.17, 15) is 0 Å². The fraction of sp³-hybridized carbons (Fsp3) is 0.500. The van der Waals surface area contributed by atoms with Gasteiger partial charge in [-0.15, -0.1) is 0 Å². The maximum absolute atomic E-state index is 5.17. The third-order valence-corrected chi connectivity index (χ3v) is 2.34. The van der Waals surface area contributed by atoms with E-state index in [4.69, 9.17) is 4.84 Å². The van der Waals surface area contributed by atoms with Crippen molar-refractivity contribution in [1.82, 2.24) is 10.5 Å². The molecular weight excluding hydrogens is 164 g/mol. The number of pyridine rings is 1. The van der Waals surface area contributed by atoms with Crippen LogP contribution in [0.15, 0.2) is 24.4 Å². The molecule has 3 nitrogen and oxygen atoms in total. The van der Waals surface area contributed by atoms with Crippen LogP contribution in [-0.4, -0.2) is 18.1 Å². The number of nitrogens with zero attached hydrogens (tertiary/aromatic N) is 1. The Kier molecular flexibility index (Phi) is 2.90. The summed E-state index contributed by atoms with van der Waals surface area (Å²) >= 11 is 0. The zero-order chi connectivity index (χ0) is 8.93. The van der Waals surface area contributed by atoms with Crippen LogP contribution in [-0.2, 0) is 4.84 Å². The van der Waals surface area contributed by atoms with Gasteiger partial charge in [-0.2, -0.15) is 0 Å². The summed E-state index contributed by atoms with van der Waals surface area (Å²) in [5, 5.41) is 0. The normalized spacial score (nSPS) is 23.8. The Labute approximate surface area is 78.1 Å². The molecule has 1 N–H and O–H groups in total. The van der Waals surface area contributed by atoms with Gasteiger partial charge in [0.2, 0.25) is 0 Å². The van der Waals surface area contributed by atoms with Gasteiger partial charge in [0, 0.05) is 24.4 Å². The van der Waals surface area contributed by atoms with Crippen LogP contribution in [0.2, 0.25) is 0 Å². The van der Waals surface area contributed by atoms with E-state index in [1.807, 2.05) is 18.3 Å². The molecule has 0 aliphatic carbocycles. The van der Waals surface area contributed by atoms with Crippen molar-refractivity contribution in [3.63, 3.8) is 0 Å². The molecule has 3 heteroatoms. The van der Waals surface area contributed by atoms with Gasteiger partial charge in [0.1, 0.15) is 0 Å². The molecule has 1 aliphatic rings. The molecule has 1 saturated heterocycles. The zero-order valence-electron chi connectivity index (χ0n) is 7.57. The summed E-state index contributed by atoms with van der Waals surface area (Å²) in [5.41, 5.74) is 4.12. The van der Waals surface area contributed by atoms with Gasteiger partial charge in [-0.05, 0) is 25.0 Å². The lowest BCUT2D eigenvalue weighted by molar-refractivity contribution is 0.0512. The van der Waals surface area contributed by atoms with Crippen molar-refractivity contribution >= 4 is 0 Å². The molecule has 1 aromatic rings. The van der Waals surface area contributed by atoms with Crippen LogP contribution in [0.1, 0.15) is 24.5 Å². The molecule has 0 bridgehead atoms. The summed E-state index contributed by atoms with van der Waals surface area (Å²) < 4.78 is 0. The van der Waals surface area contributed by atoms with Crippen LogP contribution in [0, 0.1) is 0 Å². The number of nitrogens with one attached hydrogen (secondary N) is 1. The summed E-state index contributed by atoms with van der Waals surface area (Å²) in [4.78, 5) is 9.52. The predicted octanol–water partition coefficient (Wildman–Crippen LogP) is 1.48. The highest BCUT2D eigenvalue weighted by Crippen LogP contribution is 2.19. The van der Waals surface area contributed by atoms with Crippen molar-refractivity contribution in [3.05, 3.63) is 30.1 Å². The molecule has 0 saturated carbocycles. The Bertz CT molecular complexity index is 242. The molecule has 70 valence electrons. The van der Waals surface area contributed by atoms with Crippen LogP contribution in [0.3, 0.4) is 0 Å². The monoisotopic (exact) mass is 178 g/mol. The van der Waals surface area contributed by atoms with E-state index >= 15 is 0 Å². The highest BCUT2D eigenvalue weighted by molar-refractivity contribution is 5.09. The van der Waals surface area contributed by atoms with E-state index in [0.29, 0.717) is 5.92 Å². The van der Waals surface area contributed by atoms with E-state index in [1.54, 1.807) is 0 Å². The smallest absolute Gasteiger partial charge is 0.0682 e. The quantitative estimate of drug-likeness (QED) is 0.707. The average Bonchev–Trinajstić information content (AvgIpc) is 2.47. The van der Waals surface area contributed by atoms with Crippen molar-refractivity contribution in [2.45, 2.75) is 18.8 Å². The second-order valence-corrected chi connectivity index (χ2v) is 3.29. The van der Waals surface area contributed by atoms with Crippen molar-refractivity contribution < 1.29 is 4.84 Å². The van der Waals surface area contributed by atoms with E-state index in [2.05, 4.69) is 16.5 Å². The van der Waals surface area contributed by atoms with Crippen molar-refractivity contribution in [2.75, 3.05) is 13.2 Å². The third kappa shape index (κ3) is 2.26. The molecule has 0 spiro atoms. The van der Waals surface area contributed by atoms with E-state index in [-0.39, 0.29) is 0 Å². The van der Waals surface area contributed by atoms with E-state index in [1.165, 1.54) is 5.69 Å². The van der Waals surface area contributed by atoms with Crippen LogP contribution in [0.4, 0.5) is 0 Å². The number of hydrogen-bond donors (Lipinski definition) is 1. The lowest BCUT2D eigenvalue weighted by Crippen LogP contribution is -2.19. The lowest BCUT2D eigenvalue weighted by Gasteiger charge is -2.11. The summed E-state index contributed by atoms with van der Waals surface area (Å²) in [5.74, 6) is 0.503. The van der Waals surface area contributed by atoms with Gasteiger partial charge in [-0.3, -0.25) is 4.98 Å². The molecule has 2 heterocycles. The number of rotatable bonds is 1. The summed E-state index contributed by atoms with van der Waals surface area (Å²) in [6.07, 6.45) is 4.11. The number of hydrogen-bond acceptors (Lipinski definition) is 3. The minimum atomic E-state index is 0.503. The first-order valence-corrected chi connectivity index (χ1v) is 4.72. The summed E-state index contributed by atoms with van der Waals surface area (Å²) in [6, 6.07) is 6.07. The van der Waals surface area contributed by atoms with Crippen LogP contribution in [0.5, 0.6) is 0 Å². The minimum absolute atomic E-state index is 0.503. The highest BCUT2D eigenvalue weighted by Gasteiger charge is 2.14. The Morgan fingerprint density at radius 2 is 2.46 bits per heavy atom. The molecule has 1 unspecified atom stereocenters. The molecule has 1 aromatic heterocycles. The maximum atomic E-state index is 5.17. The molecule has 0 amide bonds. The van der Waals surface area contributed by atoms with Gasteiger partial charge in [-0.1, -0.05) is 6.07 Å². The molecular formula is C10H14N2O. The number of aromatic nitrogens is 1. The molecule has 1 atom stereocenters. The van der Waals surface area contributed by atoms with E-state index < -0.39 is 0 Å². The highest BCUT2D eigenvalue weighted by atomic mass is 16.6. The van der Waals surface area contributed by atoms with Gasteiger partial charge in [0.05, 0.1) is 6.61 Å². The first kappa shape index (κ1) is 8.66. The minimum Gasteiger partial charge on any atom is -0.302 e. The molecule has 1 aliphatic heterocycles. The largest absolute Gasteiger partial charge is 0.302 e. The second kappa shape index (κ2) is 4.35. The average molecular weight is 178 g/mol. The van der Waals surface area contributed by atoms with Gasteiger partial charge >= 0.3 is 0 Å². The standard InChI is InChI=1S/C10H14N2O/c1-2-6-11-10(5-1)9-4-3-7-13-12-8-9/h1-2,5-6,9,12H,3-4,7-8H2. The van der Waals surface area contributed by atoms with Crippen LogP contribution < -0.4 is 5.48 Å². The first-order valence-electron chi connectivity index (χ1n) is 4.72. The SMILES string of the molecule is c1ccc(C2CCCONC2)nc1. The first-order chi connectivity index (χ1) is 6.47. The van der Waals surface area contributed by atoms with Crippen molar-refractivity contribution in [1.29, 1.82) is 0 Å². The van der Waals surface area contributed by atoms with Gasteiger partial charge in [0.25, 0.3) is 0 Å². The molecule has 0 aromatic carbocycles. The Hall–Kier alpha value is -0.930. The van der Waals surface area contributed by atoms with Gasteiger partial charge < -0.3 is 4.84 Å². The predicted molar refractivity (Wildman–Crippen MR) is 50.2 cm³/mol. The Balaban J connectivity index is 2.06. The van der Waals surface area contributed by atoms with Gasteiger partial charge in [-0.25, -0.2) is 5.48 Å². The zero-order valence-corrected chi connectivity index (χ0v) is 7.57. The Morgan fingerprint density at radius 1 is 1.46 bits per heavy atom. The fourth-order valence-electron chi connectivity index (χ4n) is 1.61. The maximum Gasteiger partial charge on any atom is 0.0682 e. The lowest BCUT2D eigenvalue weighted by atomic mass is 9.99. The molecule has 13 heavy (non-hydrogen) atoms. The number of hydroxylamine groups is 1. The van der Waals surface area contributed by atoms with Crippen LogP contribution >= 0.6 is 0 Å². The second-order valence-electron chi connectivity index (χ2n) is 3.29. The van der Waals surface area contributed by atoms with Crippen LogP contribution in [0.25, 0.3) is 0 Å². The van der Waals surface area contributed by atoms with Crippen molar-refractivity contribution in [3.8, 4) is 0 Å².